The average Bonchev–Trinajstić information content (AvgIpc) is 2.34. The molecule has 1 unspecified atom stereocenters. The molecule has 0 spiro atoms. The Morgan fingerprint density at radius 2 is 2.67 bits per heavy atom. The SMILES string of the molecule is C=CC1=CC(CO)CC1. The van der Waals surface area contributed by atoms with Crippen LogP contribution in [-0.4, -0.2) is 11.7 Å². The molecule has 1 nitrogen and oxygen atoms in total. The van der Waals surface area contributed by atoms with E-state index in [1.54, 1.807) is 0 Å². The van der Waals surface area contributed by atoms with E-state index in [9.17, 15) is 0 Å². The summed E-state index contributed by atoms with van der Waals surface area (Å²) in [5, 5.41) is 8.70. The van der Waals surface area contributed by atoms with Crippen LogP contribution in [0.4, 0.5) is 0 Å². The number of rotatable bonds is 2. The molecule has 1 atom stereocenters. The van der Waals surface area contributed by atoms with Gasteiger partial charge in [0.15, 0.2) is 0 Å². The highest BCUT2D eigenvalue weighted by atomic mass is 16.3. The highest BCUT2D eigenvalue weighted by Crippen LogP contribution is 2.23. The molecule has 0 aromatic rings. The van der Waals surface area contributed by atoms with Crippen LogP contribution in [0.5, 0.6) is 0 Å². The fraction of sp³-hybridized carbons (Fsp3) is 0.500. The van der Waals surface area contributed by atoms with Crippen LogP contribution in [0.1, 0.15) is 12.8 Å². The third kappa shape index (κ3) is 1.42. The lowest BCUT2D eigenvalue weighted by Crippen LogP contribution is -1.96. The lowest BCUT2D eigenvalue weighted by molar-refractivity contribution is 0.251. The van der Waals surface area contributed by atoms with Crippen molar-refractivity contribution < 1.29 is 5.11 Å². The molecule has 0 aromatic heterocycles. The molecular weight excluding hydrogens is 112 g/mol. The van der Waals surface area contributed by atoms with E-state index >= 15 is 0 Å². The molecule has 1 rings (SSSR count). The Morgan fingerprint density at radius 3 is 3.00 bits per heavy atom. The minimum Gasteiger partial charge on any atom is -0.396 e. The van der Waals surface area contributed by atoms with Crippen LogP contribution in [0.2, 0.25) is 0 Å². The average molecular weight is 124 g/mol. The molecule has 1 heteroatoms. The van der Waals surface area contributed by atoms with Crippen LogP contribution in [0.15, 0.2) is 24.3 Å². The zero-order chi connectivity index (χ0) is 6.69. The lowest BCUT2D eigenvalue weighted by atomic mass is 10.1. The molecule has 1 N–H and O–H groups in total. The Bertz CT molecular complexity index is 136. The summed E-state index contributed by atoms with van der Waals surface area (Å²) < 4.78 is 0. The molecule has 50 valence electrons. The third-order valence-corrected chi connectivity index (χ3v) is 1.75. The number of allylic oxidation sites excluding steroid dienone is 2. The Morgan fingerprint density at radius 1 is 1.89 bits per heavy atom. The van der Waals surface area contributed by atoms with Gasteiger partial charge < -0.3 is 5.11 Å². The van der Waals surface area contributed by atoms with E-state index < -0.39 is 0 Å². The number of hydrogen-bond acceptors (Lipinski definition) is 1. The largest absolute Gasteiger partial charge is 0.396 e. The van der Waals surface area contributed by atoms with Crippen molar-refractivity contribution >= 4 is 0 Å². The Balaban J connectivity index is 2.49. The quantitative estimate of drug-likeness (QED) is 0.591. The second-order valence-electron chi connectivity index (χ2n) is 2.43. The van der Waals surface area contributed by atoms with Crippen molar-refractivity contribution in [3.05, 3.63) is 24.3 Å². The monoisotopic (exact) mass is 124 g/mol. The highest BCUT2D eigenvalue weighted by Gasteiger charge is 2.11. The molecule has 1 aliphatic rings. The van der Waals surface area contributed by atoms with E-state index in [4.69, 9.17) is 5.11 Å². The van der Waals surface area contributed by atoms with E-state index in [2.05, 4.69) is 12.7 Å². The maximum absolute atomic E-state index is 8.70. The topological polar surface area (TPSA) is 20.2 Å². The van der Waals surface area contributed by atoms with Gasteiger partial charge >= 0.3 is 0 Å². The van der Waals surface area contributed by atoms with E-state index in [0.29, 0.717) is 5.92 Å². The van der Waals surface area contributed by atoms with Gasteiger partial charge in [-0.3, -0.25) is 0 Å². The van der Waals surface area contributed by atoms with Crippen molar-refractivity contribution in [3.8, 4) is 0 Å². The van der Waals surface area contributed by atoms with Crippen molar-refractivity contribution in [1.29, 1.82) is 0 Å². The molecule has 0 aromatic carbocycles. The van der Waals surface area contributed by atoms with Crippen LogP contribution in [0, 0.1) is 5.92 Å². The molecule has 1 aliphatic carbocycles. The maximum Gasteiger partial charge on any atom is 0.0494 e. The van der Waals surface area contributed by atoms with Gasteiger partial charge in [0.1, 0.15) is 0 Å². The molecule has 0 aliphatic heterocycles. The summed E-state index contributed by atoms with van der Waals surface area (Å²) in [7, 11) is 0. The predicted octanol–water partition coefficient (Wildman–Crippen LogP) is 1.50. The Labute approximate surface area is 55.7 Å². The van der Waals surface area contributed by atoms with E-state index in [1.807, 2.05) is 6.08 Å². The summed E-state index contributed by atoms with van der Waals surface area (Å²) >= 11 is 0. The third-order valence-electron chi connectivity index (χ3n) is 1.75. The molecule has 0 saturated heterocycles. The van der Waals surface area contributed by atoms with E-state index in [0.717, 1.165) is 12.8 Å². The zero-order valence-corrected chi connectivity index (χ0v) is 5.51. The van der Waals surface area contributed by atoms with Gasteiger partial charge in [0.2, 0.25) is 0 Å². The smallest absolute Gasteiger partial charge is 0.0494 e. The minimum absolute atomic E-state index is 0.289. The Hall–Kier alpha value is -0.560. The predicted molar refractivity (Wildman–Crippen MR) is 38.1 cm³/mol. The van der Waals surface area contributed by atoms with Crippen LogP contribution >= 0.6 is 0 Å². The van der Waals surface area contributed by atoms with Crippen LogP contribution in [0.25, 0.3) is 0 Å². The molecule has 0 heterocycles. The van der Waals surface area contributed by atoms with Crippen LogP contribution < -0.4 is 0 Å². The summed E-state index contributed by atoms with van der Waals surface area (Å²) in [5.41, 5.74) is 1.29. The number of hydrogen-bond donors (Lipinski definition) is 1. The molecular formula is C8H12O. The van der Waals surface area contributed by atoms with Crippen molar-refractivity contribution in [3.63, 3.8) is 0 Å². The summed E-state index contributed by atoms with van der Waals surface area (Å²) in [4.78, 5) is 0. The number of aliphatic hydroxyl groups excluding tert-OH is 1. The second kappa shape index (κ2) is 2.83. The van der Waals surface area contributed by atoms with Gasteiger partial charge in [-0.15, -0.1) is 0 Å². The van der Waals surface area contributed by atoms with E-state index in [1.165, 1.54) is 5.57 Å². The molecule has 0 bridgehead atoms. The molecule has 0 radical (unpaired) electrons. The van der Waals surface area contributed by atoms with Crippen molar-refractivity contribution in [2.45, 2.75) is 12.8 Å². The van der Waals surface area contributed by atoms with Gasteiger partial charge in [0.25, 0.3) is 0 Å². The summed E-state index contributed by atoms with van der Waals surface area (Å²) in [6.07, 6.45) is 6.16. The first-order valence-corrected chi connectivity index (χ1v) is 3.31. The molecule has 0 saturated carbocycles. The summed E-state index contributed by atoms with van der Waals surface area (Å²) in [6, 6.07) is 0. The van der Waals surface area contributed by atoms with Gasteiger partial charge in [-0.25, -0.2) is 0 Å². The molecule has 0 fully saturated rings. The van der Waals surface area contributed by atoms with Gasteiger partial charge in [0.05, 0.1) is 0 Å². The first-order valence-electron chi connectivity index (χ1n) is 3.31. The van der Waals surface area contributed by atoms with Gasteiger partial charge in [0, 0.05) is 12.5 Å². The lowest BCUT2D eigenvalue weighted by Gasteiger charge is -1.96. The van der Waals surface area contributed by atoms with E-state index in [-0.39, 0.29) is 6.61 Å². The maximum atomic E-state index is 8.70. The summed E-state index contributed by atoms with van der Waals surface area (Å²) in [6.45, 7) is 3.95. The van der Waals surface area contributed by atoms with Gasteiger partial charge in [-0.05, 0) is 12.8 Å². The zero-order valence-electron chi connectivity index (χ0n) is 5.51. The van der Waals surface area contributed by atoms with Crippen molar-refractivity contribution in [2.24, 2.45) is 5.92 Å². The first kappa shape index (κ1) is 6.56. The first-order chi connectivity index (χ1) is 4.36. The standard InChI is InChI=1S/C8H12O/c1-2-7-3-4-8(5-7)6-9/h2,5,8-9H,1,3-4,6H2. The fourth-order valence-electron chi connectivity index (χ4n) is 1.14. The normalized spacial score (nSPS) is 25.9. The Kier molecular flexibility index (Phi) is 2.06. The van der Waals surface area contributed by atoms with Crippen molar-refractivity contribution in [1.82, 2.24) is 0 Å². The van der Waals surface area contributed by atoms with Crippen molar-refractivity contribution in [2.75, 3.05) is 6.61 Å². The van der Waals surface area contributed by atoms with Crippen LogP contribution in [0.3, 0.4) is 0 Å². The highest BCUT2D eigenvalue weighted by molar-refractivity contribution is 5.21. The van der Waals surface area contributed by atoms with Crippen LogP contribution in [-0.2, 0) is 0 Å². The number of aliphatic hydroxyl groups is 1. The summed E-state index contributed by atoms with van der Waals surface area (Å²) in [5.74, 6) is 0.401. The second-order valence-corrected chi connectivity index (χ2v) is 2.43. The van der Waals surface area contributed by atoms with Gasteiger partial charge in [-0.1, -0.05) is 24.3 Å². The minimum atomic E-state index is 0.289. The van der Waals surface area contributed by atoms with Gasteiger partial charge in [-0.2, -0.15) is 0 Å². The molecule has 0 amide bonds. The fourth-order valence-corrected chi connectivity index (χ4v) is 1.14. The molecule has 9 heavy (non-hydrogen) atoms.